The van der Waals surface area contributed by atoms with Gasteiger partial charge in [0.15, 0.2) is 11.5 Å². The van der Waals surface area contributed by atoms with Crippen molar-refractivity contribution in [2.45, 2.75) is 30.7 Å². The predicted molar refractivity (Wildman–Crippen MR) is 129 cm³/mol. The molecule has 5 rings (SSSR count). The third-order valence-electron chi connectivity index (χ3n) is 6.85. The van der Waals surface area contributed by atoms with Crippen LogP contribution in [0, 0.1) is 0 Å². The van der Waals surface area contributed by atoms with E-state index in [-0.39, 0.29) is 23.3 Å². The SMILES string of the molecule is COc1ccc(C(=O)N2CCN(Cc3ccc4c(c3)OCO4)CC2)cc1S(=O)(=O)N1CCCCC1. The normalized spacial score (nSPS) is 19.1. The molecule has 0 bridgehead atoms. The summed E-state index contributed by atoms with van der Waals surface area (Å²) in [4.78, 5) is 17.4. The summed E-state index contributed by atoms with van der Waals surface area (Å²) in [6.07, 6.45) is 2.72. The number of methoxy groups -OCH3 is 1. The van der Waals surface area contributed by atoms with E-state index in [1.807, 2.05) is 18.2 Å². The van der Waals surface area contributed by atoms with Crippen molar-refractivity contribution >= 4 is 15.9 Å². The first kappa shape index (κ1) is 23.9. The van der Waals surface area contributed by atoms with Crippen LogP contribution in [-0.2, 0) is 16.6 Å². The van der Waals surface area contributed by atoms with Crippen LogP contribution in [0.4, 0.5) is 0 Å². The molecule has 3 heterocycles. The fraction of sp³-hybridized carbons (Fsp3) is 0.480. The molecule has 188 valence electrons. The van der Waals surface area contributed by atoms with Crippen molar-refractivity contribution < 1.29 is 27.4 Å². The average Bonchev–Trinajstić information content (AvgIpc) is 3.37. The molecule has 2 saturated heterocycles. The number of carbonyl (C=O) groups is 1. The van der Waals surface area contributed by atoms with Crippen molar-refractivity contribution in [3.63, 3.8) is 0 Å². The van der Waals surface area contributed by atoms with Gasteiger partial charge >= 0.3 is 0 Å². The summed E-state index contributed by atoms with van der Waals surface area (Å²) in [7, 11) is -2.28. The maximum absolute atomic E-state index is 13.3. The highest BCUT2D eigenvalue weighted by Gasteiger charge is 2.31. The number of ether oxygens (including phenoxy) is 3. The molecule has 2 fully saturated rings. The lowest BCUT2D eigenvalue weighted by Gasteiger charge is -2.35. The minimum atomic E-state index is -3.73. The summed E-state index contributed by atoms with van der Waals surface area (Å²) in [5.74, 6) is 1.64. The summed E-state index contributed by atoms with van der Waals surface area (Å²) in [5, 5.41) is 0. The van der Waals surface area contributed by atoms with Gasteiger partial charge in [0.25, 0.3) is 5.91 Å². The second kappa shape index (κ2) is 10.0. The van der Waals surface area contributed by atoms with Crippen LogP contribution in [0.2, 0.25) is 0 Å². The number of nitrogens with zero attached hydrogens (tertiary/aromatic N) is 3. The van der Waals surface area contributed by atoms with Crippen molar-refractivity contribution in [3.05, 3.63) is 47.5 Å². The lowest BCUT2D eigenvalue weighted by molar-refractivity contribution is 0.0628. The van der Waals surface area contributed by atoms with E-state index < -0.39 is 10.0 Å². The van der Waals surface area contributed by atoms with E-state index in [9.17, 15) is 13.2 Å². The van der Waals surface area contributed by atoms with E-state index in [4.69, 9.17) is 14.2 Å². The first-order chi connectivity index (χ1) is 17.0. The Morgan fingerprint density at radius 3 is 2.40 bits per heavy atom. The van der Waals surface area contributed by atoms with Crippen molar-refractivity contribution in [1.29, 1.82) is 0 Å². The number of sulfonamides is 1. The summed E-state index contributed by atoms with van der Waals surface area (Å²) >= 11 is 0. The van der Waals surface area contributed by atoms with E-state index >= 15 is 0 Å². The molecule has 0 atom stereocenters. The molecule has 0 aromatic heterocycles. The fourth-order valence-corrected chi connectivity index (χ4v) is 6.54. The Bertz CT molecular complexity index is 1190. The molecular formula is C25H31N3O6S. The van der Waals surface area contributed by atoms with Gasteiger partial charge in [-0.2, -0.15) is 4.31 Å². The van der Waals surface area contributed by atoms with Crippen molar-refractivity contribution in [1.82, 2.24) is 14.1 Å². The highest BCUT2D eigenvalue weighted by molar-refractivity contribution is 7.89. The van der Waals surface area contributed by atoms with Gasteiger partial charge < -0.3 is 19.1 Å². The summed E-state index contributed by atoms with van der Waals surface area (Å²) in [5.41, 5.74) is 1.50. The summed E-state index contributed by atoms with van der Waals surface area (Å²) < 4.78 is 44.3. The number of hydrogen-bond donors (Lipinski definition) is 0. The number of piperazine rings is 1. The molecule has 0 saturated carbocycles. The maximum atomic E-state index is 13.3. The molecular weight excluding hydrogens is 470 g/mol. The largest absolute Gasteiger partial charge is 0.495 e. The van der Waals surface area contributed by atoms with Crippen molar-refractivity contribution in [2.24, 2.45) is 0 Å². The Morgan fingerprint density at radius 1 is 0.914 bits per heavy atom. The average molecular weight is 502 g/mol. The molecule has 0 unspecified atom stereocenters. The fourth-order valence-electron chi connectivity index (χ4n) is 4.84. The summed E-state index contributed by atoms with van der Waals surface area (Å²) in [6.45, 7) is 4.62. The number of amides is 1. The highest BCUT2D eigenvalue weighted by atomic mass is 32.2. The Balaban J connectivity index is 1.25. The molecule has 3 aliphatic heterocycles. The molecule has 0 aliphatic carbocycles. The molecule has 0 radical (unpaired) electrons. The van der Waals surface area contributed by atoms with Crippen LogP contribution in [0.25, 0.3) is 0 Å². The first-order valence-corrected chi connectivity index (χ1v) is 13.5. The number of benzene rings is 2. The third kappa shape index (κ3) is 4.96. The van der Waals surface area contributed by atoms with Crippen molar-refractivity contribution in [2.75, 3.05) is 53.2 Å². The van der Waals surface area contributed by atoms with Crippen LogP contribution >= 0.6 is 0 Å². The molecule has 2 aromatic rings. The van der Waals surface area contributed by atoms with Gasteiger partial charge in [-0.15, -0.1) is 0 Å². The molecule has 2 aromatic carbocycles. The quantitative estimate of drug-likeness (QED) is 0.601. The second-order valence-electron chi connectivity index (χ2n) is 9.09. The van der Waals surface area contributed by atoms with Gasteiger partial charge in [0, 0.05) is 51.4 Å². The van der Waals surface area contributed by atoms with Crippen LogP contribution < -0.4 is 14.2 Å². The smallest absolute Gasteiger partial charge is 0.253 e. The van der Waals surface area contributed by atoms with Gasteiger partial charge in [0.2, 0.25) is 16.8 Å². The molecule has 3 aliphatic rings. The number of piperidine rings is 1. The van der Waals surface area contributed by atoms with Gasteiger partial charge in [-0.3, -0.25) is 9.69 Å². The Labute approximate surface area is 206 Å². The summed E-state index contributed by atoms with van der Waals surface area (Å²) in [6, 6.07) is 10.7. The van der Waals surface area contributed by atoms with E-state index in [1.165, 1.54) is 17.5 Å². The Morgan fingerprint density at radius 2 is 1.66 bits per heavy atom. The Kier molecular flexibility index (Phi) is 6.86. The number of hydrogen-bond acceptors (Lipinski definition) is 7. The molecule has 0 N–H and O–H groups in total. The first-order valence-electron chi connectivity index (χ1n) is 12.0. The number of carbonyl (C=O) groups excluding carboxylic acids is 1. The monoisotopic (exact) mass is 501 g/mol. The van der Waals surface area contributed by atoms with E-state index in [0.717, 1.165) is 56.0 Å². The molecule has 0 spiro atoms. The maximum Gasteiger partial charge on any atom is 0.253 e. The van der Waals surface area contributed by atoms with Crippen LogP contribution in [0.15, 0.2) is 41.3 Å². The number of rotatable bonds is 6. The van der Waals surface area contributed by atoms with Crippen molar-refractivity contribution in [3.8, 4) is 17.2 Å². The third-order valence-corrected chi connectivity index (χ3v) is 8.77. The standard InChI is InChI=1S/C25H31N3O6S/c1-32-22-8-6-20(16-24(22)35(30,31)28-9-3-2-4-10-28)25(29)27-13-11-26(12-14-27)17-19-5-7-21-23(15-19)34-18-33-21/h5-8,15-16H,2-4,9-14,17-18H2,1H3. The van der Waals surface area contributed by atoms with Crippen LogP contribution in [0.3, 0.4) is 0 Å². The molecule has 10 heteroatoms. The number of fused-ring (bicyclic) bond motifs is 1. The molecule has 9 nitrogen and oxygen atoms in total. The lowest BCUT2D eigenvalue weighted by atomic mass is 10.1. The Hall–Kier alpha value is -2.82. The van der Waals surface area contributed by atoms with Gasteiger partial charge in [0.05, 0.1) is 7.11 Å². The van der Waals surface area contributed by atoms with Crippen LogP contribution in [-0.4, -0.2) is 81.6 Å². The minimum Gasteiger partial charge on any atom is -0.495 e. The minimum absolute atomic E-state index is 0.0641. The molecule has 1 amide bonds. The lowest BCUT2D eigenvalue weighted by Crippen LogP contribution is -2.48. The zero-order valence-corrected chi connectivity index (χ0v) is 20.8. The van der Waals surface area contributed by atoms with Gasteiger partial charge in [-0.1, -0.05) is 12.5 Å². The van der Waals surface area contributed by atoms with E-state index in [2.05, 4.69) is 4.90 Å². The van der Waals surface area contributed by atoms with E-state index in [0.29, 0.717) is 31.7 Å². The van der Waals surface area contributed by atoms with Gasteiger partial charge in [-0.05, 0) is 48.7 Å². The zero-order valence-electron chi connectivity index (χ0n) is 19.9. The van der Waals surface area contributed by atoms with Gasteiger partial charge in [0.1, 0.15) is 10.6 Å². The van der Waals surface area contributed by atoms with E-state index in [1.54, 1.807) is 17.0 Å². The van der Waals surface area contributed by atoms with Crippen LogP contribution in [0.5, 0.6) is 17.2 Å². The van der Waals surface area contributed by atoms with Crippen LogP contribution in [0.1, 0.15) is 35.2 Å². The molecule has 35 heavy (non-hydrogen) atoms. The topological polar surface area (TPSA) is 88.6 Å². The zero-order chi connectivity index (χ0) is 24.4. The highest BCUT2D eigenvalue weighted by Crippen LogP contribution is 2.33. The van der Waals surface area contributed by atoms with Gasteiger partial charge in [-0.25, -0.2) is 8.42 Å². The predicted octanol–water partition coefficient (Wildman–Crippen LogP) is 2.56. The second-order valence-corrected chi connectivity index (χ2v) is 11.0.